The average molecular weight is 359 g/mol. The van der Waals surface area contributed by atoms with Crippen molar-refractivity contribution in [2.24, 2.45) is 0 Å². The van der Waals surface area contributed by atoms with Gasteiger partial charge in [0.1, 0.15) is 5.60 Å². The molecule has 1 fully saturated rings. The van der Waals surface area contributed by atoms with Gasteiger partial charge in [-0.15, -0.1) is 0 Å². The van der Waals surface area contributed by atoms with Crippen molar-refractivity contribution in [3.63, 3.8) is 0 Å². The second kappa shape index (κ2) is 6.27. The Morgan fingerprint density at radius 2 is 1.73 bits per heavy atom. The highest BCUT2D eigenvalue weighted by molar-refractivity contribution is 6.62. The van der Waals surface area contributed by atoms with E-state index in [4.69, 9.17) is 14.0 Å². The average Bonchev–Trinajstić information content (AvgIpc) is 2.72. The van der Waals surface area contributed by atoms with E-state index in [1.54, 1.807) is 4.90 Å². The van der Waals surface area contributed by atoms with Gasteiger partial charge in [-0.1, -0.05) is 18.2 Å². The Bertz CT molecular complexity index is 692. The van der Waals surface area contributed by atoms with Gasteiger partial charge in [0.15, 0.2) is 0 Å². The molecule has 0 N–H and O–H groups in total. The third-order valence-corrected chi connectivity index (χ3v) is 5.42. The first-order valence-corrected chi connectivity index (χ1v) is 9.33. The summed E-state index contributed by atoms with van der Waals surface area (Å²) in [6.07, 6.45) is 0.572. The van der Waals surface area contributed by atoms with E-state index in [0.29, 0.717) is 13.1 Å². The fraction of sp³-hybridized carbons (Fsp3) is 0.650. The molecule has 0 atom stereocenters. The van der Waals surface area contributed by atoms with Gasteiger partial charge in [0.05, 0.1) is 11.2 Å². The SMILES string of the molecule is CC(C)(C)OC(=O)N1CCc2ccc(B3OC(C)(C)C(C)(C)O3)cc2C1. The van der Waals surface area contributed by atoms with Crippen molar-refractivity contribution in [1.82, 2.24) is 4.90 Å². The van der Waals surface area contributed by atoms with Gasteiger partial charge in [0.25, 0.3) is 0 Å². The van der Waals surface area contributed by atoms with E-state index in [9.17, 15) is 4.79 Å². The van der Waals surface area contributed by atoms with Crippen LogP contribution in [0.3, 0.4) is 0 Å². The molecule has 0 saturated carbocycles. The maximum atomic E-state index is 12.4. The molecule has 0 bridgehead atoms. The van der Waals surface area contributed by atoms with Gasteiger partial charge in [-0.2, -0.15) is 0 Å². The van der Waals surface area contributed by atoms with Crippen LogP contribution in [0.4, 0.5) is 4.79 Å². The van der Waals surface area contributed by atoms with Crippen LogP contribution in [-0.4, -0.2) is 41.5 Å². The van der Waals surface area contributed by atoms with Crippen LogP contribution in [-0.2, 0) is 27.0 Å². The lowest BCUT2D eigenvalue weighted by molar-refractivity contribution is 0.00578. The number of amides is 1. The molecule has 0 aromatic heterocycles. The van der Waals surface area contributed by atoms with Gasteiger partial charge in [-0.05, 0) is 71.5 Å². The van der Waals surface area contributed by atoms with Crippen molar-refractivity contribution in [2.45, 2.75) is 78.2 Å². The Balaban J connectivity index is 1.77. The number of hydrogen-bond acceptors (Lipinski definition) is 4. The van der Waals surface area contributed by atoms with Crippen LogP contribution in [0.15, 0.2) is 18.2 Å². The number of fused-ring (bicyclic) bond motifs is 1. The monoisotopic (exact) mass is 359 g/mol. The van der Waals surface area contributed by atoms with Crippen molar-refractivity contribution in [2.75, 3.05) is 6.54 Å². The van der Waals surface area contributed by atoms with Crippen LogP contribution in [0.1, 0.15) is 59.6 Å². The lowest BCUT2D eigenvalue weighted by atomic mass is 9.77. The number of carbonyl (C=O) groups is 1. The number of nitrogens with zero attached hydrogens (tertiary/aromatic N) is 1. The first kappa shape index (κ1) is 19.2. The standard InChI is InChI=1S/C20H30BNO4/c1-18(2,3)24-17(23)22-11-10-14-8-9-16(12-15(14)13-22)21-25-19(4,5)20(6,7)26-21/h8-9,12H,10-11,13H2,1-7H3. The Kier molecular flexibility index (Phi) is 4.64. The molecule has 1 saturated heterocycles. The number of hydrogen-bond donors (Lipinski definition) is 0. The lowest BCUT2D eigenvalue weighted by Gasteiger charge is -2.32. The van der Waals surface area contributed by atoms with Crippen LogP contribution in [0.25, 0.3) is 0 Å². The molecule has 3 rings (SSSR count). The normalized spacial score (nSPS) is 21.5. The molecule has 142 valence electrons. The molecule has 0 radical (unpaired) electrons. The Hall–Kier alpha value is -1.53. The summed E-state index contributed by atoms with van der Waals surface area (Å²) < 4.78 is 17.8. The van der Waals surface area contributed by atoms with E-state index < -0.39 is 5.60 Å². The highest BCUT2D eigenvalue weighted by Gasteiger charge is 2.51. The molecule has 2 heterocycles. The Morgan fingerprint density at radius 1 is 1.12 bits per heavy atom. The molecule has 6 heteroatoms. The second-order valence-corrected chi connectivity index (χ2v) is 9.27. The first-order valence-electron chi connectivity index (χ1n) is 9.33. The number of ether oxygens (including phenoxy) is 1. The van der Waals surface area contributed by atoms with Crippen LogP contribution >= 0.6 is 0 Å². The molecule has 0 aliphatic carbocycles. The van der Waals surface area contributed by atoms with E-state index in [2.05, 4.69) is 45.9 Å². The van der Waals surface area contributed by atoms with Gasteiger partial charge in [0, 0.05) is 13.1 Å². The summed E-state index contributed by atoms with van der Waals surface area (Å²) >= 11 is 0. The second-order valence-electron chi connectivity index (χ2n) is 9.27. The van der Waals surface area contributed by atoms with Gasteiger partial charge in [-0.3, -0.25) is 0 Å². The van der Waals surface area contributed by atoms with E-state index in [0.717, 1.165) is 17.4 Å². The minimum absolute atomic E-state index is 0.260. The first-order chi connectivity index (χ1) is 11.9. The van der Waals surface area contributed by atoms with Gasteiger partial charge in [-0.25, -0.2) is 4.79 Å². The van der Waals surface area contributed by atoms with Crippen LogP contribution in [0, 0.1) is 0 Å². The summed E-state index contributed by atoms with van der Waals surface area (Å²) in [6, 6.07) is 6.31. The van der Waals surface area contributed by atoms with E-state index >= 15 is 0 Å². The fourth-order valence-corrected chi connectivity index (χ4v) is 3.19. The summed E-state index contributed by atoms with van der Waals surface area (Å²) in [5.41, 5.74) is 2.18. The number of carbonyl (C=O) groups excluding carboxylic acids is 1. The molecular weight excluding hydrogens is 329 g/mol. The van der Waals surface area contributed by atoms with E-state index in [1.165, 1.54) is 5.56 Å². The molecule has 5 nitrogen and oxygen atoms in total. The largest absolute Gasteiger partial charge is 0.494 e. The minimum Gasteiger partial charge on any atom is -0.444 e. The zero-order chi connectivity index (χ0) is 19.3. The smallest absolute Gasteiger partial charge is 0.444 e. The topological polar surface area (TPSA) is 48.0 Å². The third-order valence-electron chi connectivity index (χ3n) is 5.42. The zero-order valence-electron chi connectivity index (χ0n) is 17.0. The molecule has 1 aromatic rings. The summed E-state index contributed by atoms with van der Waals surface area (Å²) in [7, 11) is -0.387. The molecule has 2 aliphatic heterocycles. The highest BCUT2D eigenvalue weighted by atomic mass is 16.7. The third kappa shape index (κ3) is 3.76. The number of benzene rings is 1. The van der Waals surface area contributed by atoms with Crippen LogP contribution in [0.2, 0.25) is 0 Å². The maximum absolute atomic E-state index is 12.4. The molecule has 2 aliphatic rings. The van der Waals surface area contributed by atoms with Crippen molar-refractivity contribution >= 4 is 18.7 Å². The summed E-state index contributed by atoms with van der Waals surface area (Å²) in [5, 5.41) is 0. The Labute approximate surface area is 157 Å². The summed E-state index contributed by atoms with van der Waals surface area (Å²) in [5.74, 6) is 0. The molecular formula is C20H30BNO4. The van der Waals surface area contributed by atoms with Gasteiger partial charge < -0.3 is 18.9 Å². The van der Waals surface area contributed by atoms with Crippen LogP contribution in [0.5, 0.6) is 0 Å². The van der Waals surface area contributed by atoms with E-state index in [-0.39, 0.29) is 24.4 Å². The fourth-order valence-electron chi connectivity index (χ4n) is 3.19. The molecule has 1 amide bonds. The summed E-state index contributed by atoms with van der Waals surface area (Å²) in [4.78, 5) is 14.2. The Morgan fingerprint density at radius 3 is 2.31 bits per heavy atom. The minimum atomic E-state index is -0.484. The van der Waals surface area contributed by atoms with Gasteiger partial charge >= 0.3 is 13.2 Å². The predicted octanol–water partition coefficient (Wildman–Crippen LogP) is 3.28. The van der Waals surface area contributed by atoms with Crippen molar-refractivity contribution in [3.05, 3.63) is 29.3 Å². The highest BCUT2D eigenvalue weighted by Crippen LogP contribution is 2.36. The summed E-state index contributed by atoms with van der Waals surface area (Å²) in [6.45, 7) is 15.1. The van der Waals surface area contributed by atoms with Crippen molar-refractivity contribution in [1.29, 1.82) is 0 Å². The molecule has 0 unspecified atom stereocenters. The maximum Gasteiger partial charge on any atom is 0.494 e. The molecule has 26 heavy (non-hydrogen) atoms. The predicted molar refractivity (Wildman–Crippen MR) is 103 cm³/mol. The lowest BCUT2D eigenvalue weighted by Crippen LogP contribution is -2.41. The van der Waals surface area contributed by atoms with Crippen molar-refractivity contribution < 1.29 is 18.8 Å². The molecule has 1 aromatic carbocycles. The quantitative estimate of drug-likeness (QED) is 0.722. The van der Waals surface area contributed by atoms with E-state index in [1.807, 2.05) is 20.8 Å². The zero-order valence-corrected chi connectivity index (χ0v) is 17.0. The molecule has 0 spiro atoms. The van der Waals surface area contributed by atoms with Crippen molar-refractivity contribution in [3.8, 4) is 0 Å². The van der Waals surface area contributed by atoms with Gasteiger partial charge in [0.2, 0.25) is 0 Å². The van der Waals surface area contributed by atoms with Crippen LogP contribution < -0.4 is 5.46 Å². The number of rotatable bonds is 1.